The van der Waals surface area contributed by atoms with Crippen molar-refractivity contribution in [2.45, 2.75) is 37.5 Å². The molecule has 20 heavy (non-hydrogen) atoms. The van der Waals surface area contributed by atoms with Gasteiger partial charge in [-0.15, -0.1) is 0 Å². The number of hydrogen-bond acceptors (Lipinski definition) is 3. The van der Waals surface area contributed by atoms with Crippen LogP contribution in [0.3, 0.4) is 0 Å². The maximum atomic E-state index is 12.7. The number of sulfonamides is 1. The number of hydrogen-bond donors (Lipinski definition) is 1. The van der Waals surface area contributed by atoms with Crippen LogP contribution >= 0.6 is 15.9 Å². The first-order valence-electron chi connectivity index (χ1n) is 7.00. The summed E-state index contributed by atoms with van der Waals surface area (Å²) in [7, 11) is -3.48. The summed E-state index contributed by atoms with van der Waals surface area (Å²) in [6.07, 6.45) is 4.09. The van der Waals surface area contributed by atoms with Crippen LogP contribution in [-0.4, -0.2) is 25.8 Å². The Morgan fingerprint density at radius 2 is 2.10 bits per heavy atom. The zero-order chi connectivity index (χ0) is 14.8. The normalized spacial score (nSPS) is 21.6. The molecule has 6 heteroatoms. The van der Waals surface area contributed by atoms with Crippen molar-refractivity contribution >= 4 is 31.6 Å². The highest BCUT2D eigenvalue weighted by molar-refractivity contribution is 9.10. The Balaban J connectivity index is 2.25. The van der Waals surface area contributed by atoms with Crippen LogP contribution in [0.2, 0.25) is 0 Å². The molecule has 4 nitrogen and oxygen atoms in total. The summed E-state index contributed by atoms with van der Waals surface area (Å²) in [5.74, 6) is 0.637. The van der Waals surface area contributed by atoms with Crippen molar-refractivity contribution in [2.75, 3.05) is 18.8 Å². The summed E-state index contributed by atoms with van der Waals surface area (Å²) >= 11 is 3.30. The third-order valence-electron chi connectivity index (χ3n) is 3.97. The summed E-state index contributed by atoms with van der Waals surface area (Å²) in [5, 5.41) is 0. The predicted octanol–water partition coefficient (Wildman–Crippen LogP) is 3.23. The highest BCUT2D eigenvalue weighted by atomic mass is 79.9. The van der Waals surface area contributed by atoms with Gasteiger partial charge in [0.05, 0.1) is 5.69 Å². The molecular formula is C14H21BrN2O2S. The minimum atomic E-state index is -3.48. The number of nitrogen functional groups attached to an aromatic ring is 1. The zero-order valence-electron chi connectivity index (χ0n) is 11.7. The quantitative estimate of drug-likeness (QED) is 0.841. The van der Waals surface area contributed by atoms with E-state index >= 15 is 0 Å². The SMILES string of the molecule is CCC1CCCN(S(=O)(=O)c2ccc(Br)cc2N)CC1. The molecule has 0 amide bonds. The van der Waals surface area contributed by atoms with Crippen molar-refractivity contribution in [2.24, 2.45) is 5.92 Å². The molecule has 1 aliphatic rings. The van der Waals surface area contributed by atoms with Crippen molar-refractivity contribution in [3.8, 4) is 0 Å². The lowest BCUT2D eigenvalue weighted by Gasteiger charge is -2.21. The van der Waals surface area contributed by atoms with Gasteiger partial charge in [-0.25, -0.2) is 8.42 Å². The van der Waals surface area contributed by atoms with Gasteiger partial charge in [-0.05, 0) is 43.4 Å². The lowest BCUT2D eigenvalue weighted by atomic mass is 9.98. The van der Waals surface area contributed by atoms with Gasteiger partial charge in [0.1, 0.15) is 4.90 Å². The van der Waals surface area contributed by atoms with Crippen LogP contribution in [0.5, 0.6) is 0 Å². The third kappa shape index (κ3) is 3.35. The highest BCUT2D eigenvalue weighted by Gasteiger charge is 2.28. The molecule has 1 aromatic carbocycles. The van der Waals surface area contributed by atoms with Crippen LogP contribution < -0.4 is 5.73 Å². The van der Waals surface area contributed by atoms with E-state index in [1.165, 1.54) is 0 Å². The van der Waals surface area contributed by atoms with E-state index in [9.17, 15) is 8.42 Å². The number of halogens is 1. The minimum Gasteiger partial charge on any atom is -0.398 e. The van der Waals surface area contributed by atoms with E-state index in [0.717, 1.165) is 30.2 Å². The number of nitrogens with two attached hydrogens (primary N) is 1. The maximum Gasteiger partial charge on any atom is 0.245 e. The summed E-state index contributed by atoms with van der Waals surface area (Å²) in [4.78, 5) is 0.218. The van der Waals surface area contributed by atoms with Crippen LogP contribution in [0.1, 0.15) is 32.6 Å². The maximum absolute atomic E-state index is 12.7. The molecule has 112 valence electrons. The average Bonchev–Trinajstić information content (AvgIpc) is 2.63. The van der Waals surface area contributed by atoms with E-state index in [-0.39, 0.29) is 4.90 Å². The van der Waals surface area contributed by atoms with Crippen molar-refractivity contribution in [1.29, 1.82) is 0 Å². The van der Waals surface area contributed by atoms with Gasteiger partial charge in [-0.3, -0.25) is 0 Å². The van der Waals surface area contributed by atoms with E-state index in [4.69, 9.17) is 5.73 Å². The highest BCUT2D eigenvalue weighted by Crippen LogP contribution is 2.29. The first kappa shape index (κ1) is 15.8. The second kappa shape index (κ2) is 6.45. The molecule has 0 spiro atoms. The van der Waals surface area contributed by atoms with Gasteiger partial charge in [0, 0.05) is 17.6 Å². The molecule has 2 rings (SSSR count). The lowest BCUT2D eigenvalue weighted by Crippen LogP contribution is -2.32. The second-order valence-corrected chi connectivity index (χ2v) is 8.11. The van der Waals surface area contributed by atoms with E-state index < -0.39 is 10.0 Å². The first-order valence-corrected chi connectivity index (χ1v) is 9.23. The minimum absolute atomic E-state index is 0.218. The standard InChI is InChI=1S/C14H21BrN2O2S/c1-2-11-4-3-8-17(9-7-11)20(18,19)14-6-5-12(15)10-13(14)16/h5-6,10-11H,2-4,7-9,16H2,1H3. The third-order valence-corrected chi connectivity index (χ3v) is 6.44. The molecule has 0 radical (unpaired) electrons. The van der Waals surface area contributed by atoms with E-state index in [1.807, 2.05) is 0 Å². The molecule has 1 aliphatic heterocycles. The molecule has 1 aromatic rings. The fraction of sp³-hybridized carbons (Fsp3) is 0.571. The van der Waals surface area contributed by atoms with Crippen LogP contribution in [-0.2, 0) is 10.0 Å². The Hall–Kier alpha value is -0.590. The molecule has 0 aliphatic carbocycles. The van der Waals surface area contributed by atoms with Crippen molar-refractivity contribution in [1.82, 2.24) is 4.31 Å². The number of anilines is 1. The summed E-state index contributed by atoms with van der Waals surface area (Å²) in [5.41, 5.74) is 6.17. The largest absolute Gasteiger partial charge is 0.398 e. The Bertz CT molecular complexity index is 575. The summed E-state index contributed by atoms with van der Waals surface area (Å²) < 4.78 is 27.8. The van der Waals surface area contributed by atoms with Crippen LogP contribution in [0.15, 0.2) is 27.6 Å². The van der Waals surface area contributed by atoms with Crippen molar-refractivity contribution < 1.29 is 8.42 Å². The van der Waals surface area contributed by atoms with Gasteiger partial charge in [0.2, 0.25) is 10.0 Å². The molecule has 1 unspecified atom stereocenters. The van der Waals surface area contributed by atoms with Crippen molar-refractivity contribution in [3.63, 3.8) is 0 Å². The Morgan fingerprint density at radius 3 is 2.75 bits per heavy atom. The van der Waals surface area contributed by atoms with Gasteiger partial charge in [0.25, 0.3) is 0 Å². The summed E-state index contributed by atoms with van der Waals surface area (Å²) in [6, 6.07) is 4.94. The fourth-order valence-corrected chi connectivity index (χ4v) is 4.65. The van der Waals surface area contributed by atoms with E-state index in [0.29, 0.717) is 24.7 Å². The molecule has 1 fully saturated rings. The first-order chi connectivity index (χ1) is 9.45. The molecule has 1 atom stereocenters. The monoisotopic (exact) mass is 360 g/mol. The Labute approximate surface area is 129 Å². The van der Waals surface area contributed by atoms with Gasteiger partial charge in [-0.2, -0.15) is 4.31 Å². The smallest absolute Gasteiger partial charge is 0.245 e. The van der Waals surface area contributed by atoms with E-state index in [1.54, 1.807) is 22.5 Å². The topological polar surface area (TPSA) is 63.4 Å². The fourth-order valence-electron chi connectivity index (χ4n) is 2.68. The molecule has 0 aromatic heterocycles. The Morgan fingerprint density at radius 1 is 1.35 bits per heavy atom. The lowest BCUT2D eigenvalue weighted by molar-refractivity contribution is 0.407. The van der Waals surface area contributed by atoms with Gasteiger partial charge >= 0.3 is 0 Å². The number of nitrogens with zero attached hydrogens (tertiary/aromatic N) is 1. The average molecular weight is 361 g/mol. The molecule has 1 saturated heterocycles. The Kier molecular flexibility index (Phi) is 5.09. The number of rotatable bonds is 3. The molecule has 1 heterocycles. The van der Waals surface area contributed by atoms with Crippen LogP contribution in [0, 0.1) is 5.92 Å². The predicted molar refractivity (Wildman–Crippen MR) is 84.9 cm³/mol. The van der Waals surface area contributed by atoms with Gasteiger partial charge < -0.3 is 5.73 Å². The molecule has 0 saturated carbocycles. The van der Waals surface area contributed by atoms with Gasteiger partial charge in [-0.1, -0.05) is 29.3 Å². The second-order valence-electron chi connectivity index (χ2n) is 5.29. The van der Waals surface area contributed by atoms with E-state index in [2.05, 4.69) is 22.9 Å². The number of benzene rings is 1. The zero-order valence-corrected chi connectivity index (χ0v) is 14.1. The molecular weight excluding hydrogens is 340 g/mol. The van der Waals surface area contributed by atoms with Crippen LogP contribution in [0.4, 0.5) is 5.69 Å². The molecule has 2 N–H and O–H groups in total. The molecule has 0 bridgehead atoms. The van der Waals surface area contributed by atoms with Gasteiger partial charge in [0.15, 0.2) is 0 Å². The van der Waals surface area contributed by atoms with Crippen LogP contribution in [0.25, 0.3) is 0 Å². The summed E-state index contributed by atoms with van der Waals surface area (Å²) in [6.45, 7) is 3.35. The van der Waals surface area contributed by atoms with Crippen molar-refractivity contribution in [3.05, 3.63) is 22.7 Å².